The first-order valence-corrected chi connectivity index (χ1v) is 12.8. The monoisotopic (exact) mass is 495 g/mol. The molecule has 10 heteroatoms. The number of halogens is 3. The molecule has 5 nitrogen and oxygen atoms in total. The standard InChI is InChI=1S/C23H24F3N3O2S2/c1-16-7-8-18(13-17(16)2)14-19-15-32-22(27-19)28-9-11-29(12-10-28)33(30,31)21-6-4-3-5-20(21)23(24,25)26/h3-8,13,15H,9-12,14H2,1-2H3. The predicted octanol–water partition coefficient (Wildman–Crippen LogP) is 4.88. The minimum atomic E-state index is -4.74. The molecule has 3 aromatic rings. The Bertz CT molecular complexity index is 1250. The van der Waals surface area contributed by atoms with Crippen LogP contribution in [0.1, 0.15) is 27.9 Å². The summed E-state index contributed by atoms with van der Waals surface area (Å²) in [5.41, 5.74) is 3.45. The van der Waals surface area contributed by atoms with E-state index in [9.17, 15) is 21.6 Å². The molecule has 1 saturated heterocycles. The number of thiazole rings is 1. The summed E-state index contributed by atoms with van der Waals surface area (Å²) < 4.78 is 67.0. The van der Waals surface area contributed by atoms with Crippen LogP contribution in [0, 0.1) is 13.8 Å². The third kappa shape index (κ3) is 5.07. The van der Waals surface area contributed by atoms with E-state index >= 15 is 0 Å². The summed E-state index contributed by atoms with van der Waals surface area (Å²) in [4.78, 5) is 5.98. The molecule has 1 fully saturated rings. The molecule has 0 aliphatic carbocycles. The van der Waals surface area contributed by atoms with E-state index in [0.29, 0.717) is 19.5 Å². The van der Waals surface area contributed by atoms with Crippen molar-refractivity contribution in [1.82, 2.24) is 9.29 Å². The average Bonchev–Trinajstić information content (AvgIpc) is 3.24. The van der Waals surface area contributed by atoms with Gasteiger partial charge in [-0.2, -0.15) is 17.5 Å². The van der Waals surface area contributed by atoms with Gasteiger partial charge >= 0.3 is 6.18 Å². The minimum absolute atomic E-state index is 0.0978. The van der Waals surface area contributed by atoms with Gasteiger partial charge < -0.3 is 4.90 Å². The Labute approximate surface area is 195 Å². The highest BCUT2D eigenvalue weighted by Crippen LogP contribution is 2.35. The second-order valence-electron chi connectivity index (χ2n) is 8.10. The van der Waals surface area contributed by atoms with Gasteiger partial charge in [0.1, 0.15) is 0 Å². The van der Waals surface area contributed by atoms with E-state index in [1.165, 1.54) is 40.2 Å². The average molecular weight is 496 g/mol. The minimum Gasteiger partial charge on any atom is -0.345 e. The van der Waals surface area contributed by atoms with Crippen LogP contribution in [0.3, 0.4) is 0 Å². The first-order valence-electron chi connectivity index (χ1n) is 10.5. The van der Waals surface area contributed by atoms with Crippen LogP contribution < -0.4 is 4.90 Å². The number of alkyl halides is 3. The zero-order valence-electron chi connectivity index (χ0n) is 18.3. The first-order chi connectivity index (χ1) is 15.6. The third-order valence-electron chi connectivity index (χ3n) is 5.82. The predicted molar refractivity (Wildman–Crippen MR) is 123 cm³/mol. The molecule has 0 bridgehead atoms. The van der Waals surface area contributed by atoms with Crippen molar-refractivity contribution < 1.29 is 21.6 Å². The maximum atomic E-state index is 13.3. The van der Waals surface area contributed by atoms with Gasteiger partial charge in [-0.3, -0.25) is 0 Å². The highest BCUT2D eigenvalue weighted by molar-refractivity contribution is 7.89. The molecule has 176 valence electrons. The molecule has 2 aromatic carbocycles. The van der Waals surface area contributed by atoms with Crippen LogP contribution in [0.5, 0.6) is 0 Å². The van der Waals surface area contributed by atoms with Gasteiger partial charge in [0.2, 0.25) is 10.0 Å². The van der Waals surface area contributed by atoms with Crippen molar-refractivity contribution in [3.8, 4) is 0 Å². The lowest BCUT2D eigenvalue weighted by molar-refractivity contribution is -0.139. The molecule has 0 spiro atoms. The molecule has 0 radical (unpaired) electrons. The van der Waals surface area contributed by atoms with Crippen LogP contribution in [0.4, 0.5) is 18.3 Å². The van der Waals surface area contributed by atoms with E-state index in [4.69, 9.17) is 4.98 Å². The molecule has 0 N–H and O–H groups in total. The van der Waals surface area contributed by atoms with Crippen molar-refractivity contribution in [3.05, 3.63) is 75.8 Å². The molecular weight excluding hydrogens is 471 g/mol. The van der Waals surface area contributed by atoms with Crippen LogP contribution >= 0.6 is 11.3 Å². The smallest absolute Gasteiger partial charge is 0.345 e. The van der Waals surface area contributed by atoms with Gasteiger partial charge in [0.15, 0.2) is 5.13 Å². The topological polar surface area (TPSA) is 53.5 Å². The maximum absolute atomic E-state index is 13.3. The Kier molecular flexibility index (Phi) is 6.52. The van der Waals surface area contributed by atoms with Crippen LogP contribution in [0.25, 0.3) is 0 Å². The number of sulfonamides is 1. The number of aromatic nitrogens is 1. The van der Waals surface area contributed by atoms with Crippen molar-refractivity contribution in [2.45, 2.75) is 31.3 Å². The largest absolute Gasteiger partial charge is 0.417 e. The van der Waals surface area contributed by atoms with E-state index in [1.807, 2.05) is 10.3 Å². The van der Waals surface area contributed by atoms with E-state index in [1.54, 1.807) is 0 Å². The molecule has 1 aliphatic rings. The third-order valence-corrected chi connectivity index (χ3v) is 8.72. The summed E-state index contributed by atoms with van der Waals surface area (Å²) in [6.45, 7) is 5.07. The first kappa shape index (κ1) is 23.7. The maximum Gasteiger partial charge on any atom is 0.417 e. The fourth-order valence-corrected chi connectivity index (χ4v) is 6.34. The molecule has 0 atom stereocenters. The SMILES string of the molecule is Cc1ccc(Cc2csc(N3CCN(S(=O)(=O)c4ccccc4C(F)(F)F)CC3)n2)cc1C. The van der Waals surface area contributed by atoms with Crippen molar-refractivity contribution >= 4 is 26.5 Å². The second kappa shape index (κ2) is 9.08. The summed E-state index contributed by atoms with van der Waals surface area (Å²) in [6, 6.07) is 10.7. The highest BCUT2D eigenvalue weighted by Gasteiger charge is 2.39. The molecule has 2 heterocycles. The lowest BCUT2D eigenvalue weighted by Gasteiger charge is -2.34. The van der Waals surface area contributed by atoms with E-state index in [-0.39, 0.29) is 13.1 Å². The highest BCUT2D eigenvalue weighted by atomic mass is 32.2. The normalized spacial score (nSPS) is 15.7. The number of benzene rings is 2. The molecule has 0 unspecified atom stereocenters. The van der Waals surface area contributed by atoms with Crippen LogP contribution in [0.15, 0.2) is 52.7 Å². The van der Waals surface area contributed by atoms with Crippen molar-refractivity contribution in [1.29, 1.82) is 0 Å². The van der Waals surface area contributed by atoms with Gasteiger partial charge in [-0.05, 0) is 42.7 Å². The fourth-order valence-electron chi connectivity index (χ4n) is 3.83. The number of nitrogens with zero attached hydrogens (tertiary/aromatic N) is 3. The van der Waals surface area contributed by atoms with Gasteiger partial charge in [-0.15, -0.1) is 11.3 Å². The van der Waals surface area contributed by atoms with Crippen molar-refractivity contribution in [2.75, 3.05) is 31.1 Å². The van der Waals surface area contributed by atoms with Crippen LogP contribution in [-0.4, -0.2) is 43.9 Å². The molecular formula is C23H24F3N3O2S2. The van der Waals surface area contributed by atoms with Crippen LogP contribution in [-0.2, 0) is 22.6 Å². The summed E-state index contributed by atoms with van der Waals surface area (Å²) in [6.07, 6.45) is -4.03. The Morgan fingerprint density at radius 3 is 2.36 bits per heavy atom. The number of hydrogen-bond donors (Lipinski definition) is 0. The van der Waals surface area contributed by atoms with E-state index in [2.05, 4.69) is 32.0 Å². The molecule has 1 aliphatic heterocycles. The van der Waals surface area contributed by atoms with Gasteiger partial charge in [0, 0.05) is 38.0 Å². The van der Waals surface area contributed by atoms with Gasteiger partial charge in [0.25, 0.3) is 0 Å². The Balaban J connectivity index is 1.44. The van der Waals surface area contributed by atoms with Crippen molar-refractivity contribution in [2.24, 2.45) is 0 Å². The Hall–Kier alpha value is -2.43. The zero-order chi connectivity index (χ0) is 23.8. The number of anilines is 1. The molecule has 33 heavy (non-hydrogen) atoms. The van der Waals surface area contributed by atoms with E-state index in [0.717, 1.165) is 27.3 Å². The summed E-state index contributed by atoms with van der Waals surface area (Å²) >= 11 is 1.49. The zero-order valence-corrected chi connectivity index (χ0v) is 19.9. The number of rotatable bonds is 5. The summed E-state index contributed by atoms with van der Waals surface area (Å²) in [7, 11) is -4.25. The summed E-state index contributed by atoms with van der Waals surface area (Å²) in [5, 5.41) is 2.79. The molecule has 0 saturated carbocycles. The number of hydrogen-bond acceptors (Lipinski definition) is 5. The van der Waals surface area contributed by atoms with Gasteiger partial charge in [-0.1, -0.05) is 30.3 Å². The number of aryl methyl sites for hydroxylation is 2. The Morgan fingerprint density at radius 2 is 1.70 bits per heavy atom. The number of piperazine rings is 1. The molecule has 0 amide bonds. The van der Waals surface area contributed by atoms with Crippen molar-refractivity contribution in [3.63, 3.8) is 0 Å². The van der Waals surface area contributed by atoms with E-state index < -0.39 is 26.7 Å². The fraction of sp³-hybridized carbons (Fsp3) is 0.348. The molecule has 1 aromatic heterocycles. The van der Waals surface area contributed by atoms with Gasteiger partial charge in [-0.25, -0.2) is 13.4 Å². The lowest BCUT2D eigenvalue weighted by Crippen LogP contribution is -2.49. The van der Waals surface area contributed by atoms with Crippen LogP contribution in [0.2, 0.25) is 0 Å². The lowest BCUT2D eigenvalue weighted by atomic mass is 10.0. The summed E-state index contributed by atoms with van der Waals surface area (Å²) in [5.74, 6) is 0. The quantitative estimate of drug-likeness (QED) is 0.506. The second-order valence-corrected chi connectivity index (χ2v) is 10.8. The Morgan fingerprint density at radius 1 is 1.00 bits per heavy atom. The van der Waals surface area contributed by atoms with Gasteiger partial charge in [0.05, 0.1) is 16.2 Å². The molecule has 4 rings (SSSR count).